The summed E-state index contributed by atoms with van der Waals surface area (Å²) in [5.41, 5.74) is 1.97. The molecular weight excluding hydrogens is 624 g/mol. The van der Waals surface area contributed by atoms with Crippen LogP contribution in [0.5, 0.6) is 0 Å². The van der Waals surface area contributed by atoms with E-state index in [1.165, 1.54) is 0 Å². The van der Waals surface area contributed by atoms with E-state index in [1.807, 2.05) is 57.2 Å². The predicted molar refractivity (Wildman–Crippen MR) is 186 cm³/mol. The quantitative estimate of drug-likeness (QED) is 0.210. The highest BCUT2D eigenvalue weighted by atomic mass is 16.8. The number of Topliss-reactive ketones (excluding diaryl/α,β-unsaturated/α-hetero) is 1. The van der Waals surface area contributed by atoms with Gasteiger partial charge in [-0.15, -0.1) is 0 Å². The summed E-state index contributed by atoms with van der Waals surface area (Å²) in [6.45, 7) is 14.5. The third-order valence-electron chi connectivity index (χ3n) is 12.2. The minimum Gasteiger partial charge on any atom is -0.396 e. The van der Waals surface area contributed by atoms with Crippen molar-refractivity contribution >= 4 is 5.78 Å². The van der Waals surface area contributed by atoms with Gasteiger partial charge in [-0.05, 0) is 74.7 Å². The first-order valence-corrected chi connectivity index (χ1v) is 18.5. The molecule has 2 saturated heterocycles. The van der Waals surface area contributed by atoms with Crippen LogP contribution in [0.4, 0.5) is 0 Å². The van der Waals surface area contributed by atoms with Gasteiger partial charge < -0.3 is 39.4 Å². The SMILES string of the molecule is CC/C=C(\C)[C@@H](O)[C@@H](C)[C@H](C[C@H]1C(C)=C[C@H]2C[C@@H](C)C[C@@H](C)[C@@H]2[C@@]1(C)C(=O)CCO)O[C@@H]1O[C@@H]2COC(c3ccccc3)O[C@H]2[C@H](O)[C@H]1O. The van der Waals surface area contributed by atoms with Gasteiger partial charge in [0.15, 0.2) is 12.6 Å². The van der Waals surface area contributed by atoms with E-state index in [0.717, 1.165) is 36.0 Å². The molecule has 2 aliphatic heterocycles. The van der Waals surface area contributed by atoms with Crippen LogP contribution in [0.3, 0.4) is 0 Å². The van der Waals surface area contributed by atoms with Crippen LogP contribution in [0.2, 0.25) is 0 Å². The second-order valence-electron chi connectivity index (χ2n) is 15.7. The topological polar surface area (TPSA) is 135 Å². The maximum Gasteiger partial charge on any atom is 0.186 e. The fraction of sp³-hybridized carbons (Fsp3) is 0.725. The van der Waals surface area contributed by atoms with Crippen molar-refractivity contribution in [3.63, 3.8) is 0 Å². The molecule has 1 aromatic carbocycles. The fourth-order valence-electron chi connectivity index (χ4n) is 9.79. The molecule has 1 aromatic rings. The van der Waals surface area contributed by atoms with Crippen molar-refractivity contribution in [3.05, 3.63) is 59.2 Å². The van der Waals surface area contributed by atoms with E-state index in [-0.39, 0.29) is 43.2 Å². The smallest absolute Gasteiger partial charge is 0.186 e. The molecule has 2 heterocycles. The maximum atomic E-state index is 14.2. The van der Waals surface area contributed by atoms with Crippen molar-refractivity contribution in [3.8, 4) is 0 Å². The van der Waals surface area contributed by atoms with Crippen molar-refractivity contribution in [2.45, 2.75) is 130 Å². The Hall–Kier alpha value is -1.95. The molecule has 9 heteroatoms. The average Bonchev–Trinajstić information content (AvgIpc) is 3.07. The Morgan fingerprint density at radius 1 is 1.12 bits per heavy atom. The normalized spacial score (nSPS) is 40.0. The lowest BCUT2D eigenvalue weighted by Crippen LogP contribution is -2.63. The molecule has 0 amide bonds. The Morgan fingerprint density at radius 3 is 2.51 bits per heavy atom. The summed E-state index contributed by atoms with van der Waals surface area (Å²) in [5.74, 6) is 0.617. The second kappa shape index (κ2) is 16.2. The zero-order valence-corrected chi connectivity index (χ0v) is 30.4. The monoisotopic (exact) mass is 684 g/mol. The minimum atomic E-state index is -1.43. The van der Waals surface area contributed by atoms with E-state index >= 15 is 0 Å². The van der Waals surface area contributed by atoms with Crippen molar-refractivity contribution in [1.29, 1.82) is 0 Å². The number of carbonyl (C=O) groups excluding carboxylic acids is 1. The first kappa shape index (κ1) is 38.3. The van der Waals surface area contributed by atoms with Gasteiger partial charge >= 0.3 is 0 Å². The van der Waals surface area contributed by atoms with Gasteiger partial charge in [0.25, 0.3) is 0 Å². The van der Waals surface area contributed by atoms with Gasteiger partial charge in [-0.25, -0.2) is 0 Å². The van der Waals surface area contributed by atoms with Crippen molar-refractivity contribution in [2.24, 2.45) is 40.9 Å². The molecule has 0 aromatic heterocycles. The lowest BCUT2D eigenvalue weighted by Gasteiger charge is -2.55. The standard InChI is InChI=1S/C40H60O9/c1-8-12-23(3)34(43)26(6)30(20-29-24(4)19-28-18-22(2)17-25(5)33(28)40(29,7)32(42)15-16-41)47-39-36(45)35(44)37-31(48-39)21-46-38(49-37)27-13-10-9-11-14-27/h9-14,19,22,25-26,28-31,33-39,41,43-45H,8,15-18,20-21H2,1-7H3/b23-12+/t22-,25+,26-,28+,29-,30-,31+,33-,34+,35+,36+,37+,38?,39+,40+/m0/s1. The number of ether oxygens (including phenoxy) is 4. The molecule has 2 aliphatic carbocycles. The molecule has 0 spiro atoms. The van der Waals surface area contributed by atoms with Crippen LogP contribution in [0.1, 0.15) is 92.4 Å². The zero-order valence-electron chi connectivity index (χ0n) is 30.4. The number of fused-ring (bicyclic) bond motifs is 2. The van der Waals surface area contributed by atoms with Gasteiger partial charge in [-0.2, -0.15) is 0 Å². The van der Waals surface area contributed by atoms with Crippen LogP contribution >= 0.6 is 0 Å². The third kappa shape index (κ3) is 7.80. The molecule has 0 radical (unpaired) electrons. The second-order valence-corrected chi connectivity index (χ2v) is 15.7. The highest BCUT2D eigenvalue weighted by molar-refractivity contribution is 5.86. The van der Waals surface area contributed by atoms with Gasteiger partial charge in [0, 0.05) is 29.9 Å². The van der Waals surface area contributed by atoms with Crippen LogP contribution in [0.25, 0.3) is 0 Å². The van der Waals surface area contributed by atoms with Crippen LogP contribution in [-0.2, 0) is 23.7 Å². The summed E-state index contributed by atoms with van der Waals surface area (Å²) in [6.07, 6.45) is -0.0354. The number of allylic oxidation sites excluding steroid dienone is 3. The van der Waals surface area contributed by atoms with E-state index in [4.69, 9.17) is 18.9 Å². The van der Waals surface area contributed by atoms with Crippen LogP contribution in [-0.4, -0.2) is 82.3 Å². The summed E-state index contributed by atoms with van der Waals surface area (Å²) in [6, 6.07) is 9.43. The Bertz CT molecular complexity index is 1310. The van der Waals surface area contributed by atoms with Gasteiger partial charge in [-0.1, -0.05) is 82.7 Å². The summed E-state index contributed by atoms with van der Waals surface area (Å²) >= 11 is 0. The van der Waals surface area contributed by atoms with E-state index < -0.39 is 60.5 Å². The average molecular weight is 685 g/mol. The minimum absolute atomic E-state index is 0.0505. The highest BCUT2D eigenvalue weighted by Crippen LogP contribution is 2.58. The molecule has 49 heavy (non-hydrogen) atoms. The van der Waals surface area contributed by atoms with E-state index in [1.54, 1.807) is 0 Å². The molecular formula is C40H60O9. The lowest BCUT2D eigenvalue weighted by molar-refractivity contribution is -0.369. The van der Waals surface area contributed by atoms with Crippen LogP contribution < -0.4 is 0 Å². The number of hydrogen-bond acceptors (Lipinski definition) is 9. The molecule has 4 aliphatic rings. The maximum absolute atomic E-state index is 14.2. The number of ketones is 1. The number of aliphatic hydroxyl groups is 4. The van der Waals surface area contributed by atoms with Crippen molar-refractivity contribution in [1.82, 2.24) is 0 Å². The molecule has 1 saturated carbocycles. The lowest BCUT2D eigenvalue weighted by atomic mass is 9.48. The molecule has 3 fully saturated rings. The summed E-state index contributed by atoms with van der Waals surface area (Å²) < 4.78 is 25.1. The van der Waals surface area contributed by atoms with Crippen molar-refractivity contribution in [2.75, 3.05) is 13.2 Å². The Labute approximate surface area is 292 Å². The van der Waals surface area contributed by atoms with Crippen LogP contribution in [0.15, 0.2) is 53.6 Å². The van der Waals surface area contributed by atoms with E-state index in [9.17, 15) is 25.2 Å². The number of carbonyl (C=O) groups is 1. The third-order valence-corrected chi connectivity index (χ3v) is 12.2. The Balaban J connectivity index is 1.45. The first-order valence-electron chi connectivity index (χ1n) is 18.5. The summed E-state index contributed by atoms with van der Waals surface area (Å²) in [5, 5.41) is 44.3. The van der Waals surface area contributed by atoms with Gasteiger partial charge in [-0.3, -0.25) is 4.79 Å². The van der Waals surface area contributed by atoms with E-state index in [2.05, 4.69) is 33.8 Å². The van der Waals surface area contributed by atoms with Gasteiger partial charge in [0.05, 0.1) is 18.8 Å². The molecule has 0 bridgehead atoms. The molecule has 15 atom stereocenters. The number of aliphatic hydroxyl groups excluding tert-OH is 4. The molecule has 9 nitrogen and oxygen atoms in total. The summed E-state index contributed by atoms with van der Waals surface area (Å²) in [4.78, 5) is 14.2. The molecule has 5 rings (SSSR count). The first-order chi connectivity index (χ1) is 23.3. The summed E-state index contributed by atoms with van der Waals surface area (Å²) in [7, 11) is 0. The predicted octanol–water partition coefficient (Wildman–Crippen LogP) is 5.51. The molecule has 274 valence electrons. The highest BCUT2D eigenvalue weighted by Gasteiger charge is 2.57. The van der Waals surface area contributed by atoms with Gasteiger partial charge in [0.2, 0.25) is 0 Å². The van der Waals surface area contributed by atoms with E-state index in [0.29, 0.717) is 18.3 Å². The number of hydrogen-bond donors (Lipinski definition) is 4. The largest absolute Gasteiger partial charge is 0.396 e. The number of rotatable bonds is 12. The zero-order chi connectivity index (χ0) is 35.6. The van der Waals surface area contributed by atoms with Gasteiger partial charge in [0.1, 0.15) is 30.2 Å². The number of benzene rings is 1. The fourth-order valence-corrected chi connectivity index (χ4v) is 9.79. The van der Waals surface area contributed by atoms with Crippen molar-refractivity contribution < 1.29 is 44.2 Å². The Morgan fingerprint density at radius 2 is 1.84 bits per heavy atom. The molecule has 4 N–H and O–H groups in total. The molecule has 1 unspecified atom stereocenters. The Kier molecular flexibility index (Phi) is 12.6. The van der Waals surface area contributed by atoms with Crippen LogP contribution in [0, 0.1) is 40.9 Å².